The monoisotopic (exact) mass is 506 g/mol. The number of rotatable bonds is 3. The van der Waals surface area contributed by atoms with Gasteiger partial charge in [-0.05, 0) is 38.5 Å². The van der Waals surface area contributed by atoms with Crippen molar-refractivity contribution in [3.8, 4) is 5.75 Å². The molecule has 0 saturated carbocycles. The standard InChI is InChI=1S/C19H27FN4O3.HI/c1-19(2,3)27-18(25)23-7-8-24-14(12-23)11-22-17(24)21-10-13-5-6-16(26-4)15(20)9-13;/h5-6,9,14H,7-8,10-12H2,1-4H3,(H,21,22);1H. The van der Waals surface area contributed by atoms with E-state index in [0.717, 1.165) is 11.5 Å². The van der Waals surface area contributed by atoms with E-state index in [1.807, 2.05) is 26.8 Å². The molecular weight excluding hydrogens is 478 g/mol. The van der Waals surface area contributed by atoms with Gasteiger partial charge in [0.1, 0.15) is 5.60 Å². The molecule has 2 aliphatic rings. The number of nitrogens with zero attached hydrogens (tertiary/aromatic N) is 3. The Bertz CT molecular complexity index is 738. The number of carbonyl (C=O) groups excluding carboxylic acids is 1. The maximum Gasteiger partial charge on any atom is 0.410 e. The van der Waals surface area contributed by atoms with Crippen LogP contribution < -0.4 is 10.1 Å². The lowest BCUT2D eigenvalue weighted by molar-refractivity contribution is 0.0137. The second-order valence-electron chi connectivity index (χ2n) is 7.76. The molecule has 2 heterocycles. The largest absolute Gasteiger partial charge is 0.494 e. The van der Waals surface area contributed by atoms with Crippen molar-refractivity contribution in [2.24, 2.45) is 4.99 Å². The Balaban J connectivity index is 0.00000280. The van der Waals surface area contributed by atoms with E-state index in [9.17, 15) is 9.18 Å². The molecule has 1 atom stereocenters. The Morgan fingerprint density at radius 1 is 1.36 bits per heavy atom. The van der Waals surface area contributed by atoms with Gasteiger partial charge in [0.05, 0.1) is 19.7 Å². The molecule has 0 aliphatic carbocycles. The number of hydrogen-bond donors (Lipinski definition) is 1. The highest BCUT2D eigenvalue weighted by molar-refractivity contribution is 14.0. The summed E-state index contributed by atoms with van der Waals surface area (Å²) in [6.07, 6.45) is -0.280. The molecule has 1 fully saturated rings. The third-order valence-corrected chi connectivity index (χ3v) is 4.53. The predicted octanol–water partition coefficient (Wildman–Crippen LogP) is 2.83. The van der Waals surface area contributed by atoms with Gasteiger partial charge in [0.15, 0.2) is 17.5 Å². The quantitative estimate of drug-likeness (QED) is 0.639. The third-order valence-electron chi connectivity index (χ3n) is 4.53. The van der Waals surface area contributed by atoms with Crippen LogP contribution in [-0.2, 0) is 11.3 Å². The van der Waals surface area contributed by atoms with E-state index in [0.29, 0.717) is 32.7 Å². The average molecular weight is 506 g/mol. The number of ether oxygens (including phenoxy) is 2. The van der Waals surface area contributed by atoms with Gasteiger partial charge in [-0.15, -0.1) is 24.0 Å². The first-order valence-corrected chi connectivity index (χ1v) is 9.12. The van der Waals surface area contributed by atoms with E-state index in [2.05, 4.69) is 15.2 Å². The van der Waals surface area contributed by atoms with Crippen molar-refractivity contribution in [1.82, 2.24) is 15.1 Å². The number of carbonyl (C=O) groups is 1. The number of fused-ring (bicyclic) bond motifs is 1. The second-order valence-corrected chi connectivity index (χ2v) is 7.76. The van der Waals surface area contributed by atoms with Crippen LogP contribution in [0, 0.1) is 5.82 Å². The molecule has 3 rings (SSSR count). The van der Waals surface area contributed by atoms with Crippen LogP contribution in [0.4, 0.5) is 9.18 Å². The highest BCUT2D eigenvalue weighted by Gasteiger charge is 2.36. The fraction of sp³-hybridized carbons (Fsp3) is 0.579. The van der Waals surface area contributed by atoms with Gasteiger partial charge in [-0.1, -0.05) is 6.07 Å². The maximum atomic E-state index is 13.8. The molecule has 1 unspecified atom stereocenters. The maximum absolute atomic E-state index is 13.8. The van der Waals surface area contributed by atoms with Crippen molar-refractivity contribution in [3.05, 3.63) is 29.6 Å². The van der Waals surface area contributed by atoms with Crippen LogP contribution in [0.5, 0.6) is 5.75 Å². The smallest absolute Gasteiger partial charge is 0.410 e. The number of aliphatic imine (C=N–C) groups is 1. The zero-order chi connectivity index (χ0) is 19.6. The minimum Gasteiger partial charge on any atom is -0.494 e. The topological polar surface area (TPSA) is 66.4 Å². The average Bonchev–Trinajstić information content (AvgIpc) is 3.01. The van der Waals surface area contributed by atoms with E-state index >= 15 is 0 Å². The van der Waals surface area contributed by atoms with Gasteiger partial charge >= 0.3 is 6.09 Å². The number of guanidine groups is 1. The molecule has 1 saturated heterocycles. The van der Waals surface area contributed by atoms with Gasteiger partial charge in [0.25, 0.3) is 0 Å². The molecular formula is C19H28FIN4O3. The number of methoxy groups -OCH3 is 1. The van der Waals surface area contributed by atoms with Crippen molar-refractivity contribution >= 4 is 36.0 Å². The van der Waals surface area contributed by atoms with Gasteiger partial charge in [0.2, 0.25) is 0 Å². The molecule has 1 aromatic carbocycles. The summed E-state index contributed by atoms with van der Waals surface area (Å²) in [4.78, 5) is 20.7. The van der Waals surface area contributed by atoms with Crippen molar-refractivity contribution in [3.63, 3.8) is 0 Å². The Morgan fingerprint density at radius 3 is 2.75 bits per heavy atom. The van der Waals surface area contributed by atoms with Crippen LogP contribution in [0.2, 0.25) is 0 Å². The Kier molecular flexibility index (Phi) is 7.35. The number of hydrogen-bond acceptors (Lipinski definition) is 6. The summed E-state index contributed by atoms with van der Waals surface area (Å²) >= 11 is 0. The number of piperazine rings is 1. The highest BCUT2D eigenvalue weighted by atomic mass is 127. The lowest BCUT2D eigenvalue weighted by Crippen LogP contribution is -2.57. The Hall–Kier alpha value is -1.78. The molecule has 28 heavy (non-hydrogen) atoms. The zero-order valence-electron chi connectivity index (χ0n) is 16.7. The number of nitrogens with one attached hydrogen (secondary N) is 1. The van der Waals surface area contributed by atoms with E-state index in [4.69, 9.17) is 9.47 Å². The van der Waals surface area contributed by atoms with Gasteiger partial charge in [-0.25, -0.2) is 9.18 Å². The fourth-order valence-electron chi connectivity index (χ4n) is 3.22. The summed E-state index contributed by atoms with van der Waals surface area (Å²) in [6.45, 7) is 8.55. The molecule has 0 aromatic heterocycles. The van der Waals surface area contributed by atoms with Gasteiger partial charge in [-0.2, -0.15) is 0 Å². The fourth-order valence-corrected chi connectivity index (χ4v) is 3.22. The van der Waals surface area contributed by atoms with Crippen LogP contribution in [0.15, 0.2) is 23.2 Å². The normalized spacial score (nSPS) is 18.8. The third kappa shape index (κ3) is 5.39. The van der Waals surface area contributed by atoms with Crippen molar-refractivity contribution in [2.45, 2.75) is 39.0 Å². The molecule has 7 nitrogen and oxygen atoms in total. The number of amides is 1. The van der Waals surface area contributed by atoms with E-state index in [1.54, 1.807) is 11.0 Å². The SMILES string of the molecule is COc1ccc(CNC2=NCC3CN(C(=O)OC(C)(C)C)CCN23)cc1F.I. The summed E-state index contributed by atoms with van der Waals surface area (Å²) in [5, 5.41) is 3.28. The van der Waals surface area contributed by atoms with Gasteiger partial charge in [0, 0.05) is 26.2 Å². The zero-order valence-corrected chi connectivity index (χ0v) is 19.0. The number of halogens is 2. The number of benzene rings is 1. The first-order valence-electron chi connectivity index (χ1n) is 9.12. The van der Waals surface area contributed by atoms with Crippen molar-refractivity contribution < 1.29 is 18.7 Å². The van der Waals surface area contributed by atoms with Gasteiger partial charge in [-0.3, -0.25) is 4.99 Å². The minimum absolute atomic E-state index is 0. The van der Waals surface area contributed by atoms with Crippen molar-refractivity contribution in [2.75, 3.05) is 33.3 Å². The summed E-state index contributed by atoms with van der Waals surface area (Å²) in [7, 11) is 1.45. The Labute approximate surface area is 182 Å². The summed E-state index contributed by atoms with van der Waals surface area (Å²) in [6, 6.07) is 5.04. The second kappa shape index (κ2) is 9.15. The minimum atomic E-state index is -0.499. The molecule has 2 aliphatic heterocycles. The van der Waals surface area contributed by atoms with Crippen molar-refractivity contribution in [1.29, 1.82) is 0 Å². The molecule has 0 spiro atoms. The summed E-state index contributed by atoms with van der Waals surface area (Å²) < 4.78 is 24.2. The van der Waals surface area contributed by atoms with E-state index in [1.165, 1.54) is 13.2 Å². The summed E-state index contributed by atoms with van der Waals surface area (Å²) in [5.41, 5.74) is 0.313. The van der Waals surface area contributed by atoms with Crippen LogP contribution in [0.3, 0.4) is 0 Å². The highest BCUT2D eigenvalue weighted by Crippen LogP contribution is 2.20. The van der Waals surface area contributed by atoms with Crippen LogP contribution in [-0.4, -0.2) is 66.8 Å². The van der Waals surface area contributed by atoms with E-state index in [-0.39, 0.29) is 47.7 Å². The van der Waals surface area contributed by atoms with E-state index < -0.39 is 5.60 Å². The molecule has 1 N–H and O–H groups in total. The van der Waals surface area contributed by atoms with Crippen LogP contribution in [0.1, 0.15) is 26.3 Å². The van der Waals surface area contributed by atoms with Crippen LogP contribution in [0.25, 0.3) is 0 Å². The molecule has 0 radical (unpaired) electrons. The van der Waals surface area contributed by atoms with Crippen LogP contribution >= 0.6 is 24.0 Å². The molecule has 9 heteroatoms. The van der Waals surface area contributed by atoms with Gasteiger partial charge < -0.3 is 24.6 Å². The lowest BCUT2D eigenvalue weighted by Gasteiger charge is -2.39. The summed E-state index contributed by atoms with van der Waals surface area (Å²) in [5.74, 6) is 0.643. The first-order chi connectivity index (χ1) is 12.8. The molecule has 156 valence electrons. The lowest BCUT2D eigenvalue weighted by atomic mass is 10.2. The molecule has 1 amide bonds. The molecule has 0 bridgehead atoms. The first kappa shape index (κ1) is 22.5. The molecule has 1 aromatic rings. The predicted molar refractivity (Wildman–Crippen MR) is 116 cm³/mol. The Morgan fingerprint density at radius 2 is 2.11 bits per heavy atom.